The van der Waals surface area contributed by atoms with Crippen molar-refractivity contribution in [3.05, 3.63) is 46.0 Å². The third-order valence-corrected chi connectivity index (χ3v) is 4.80. The molecule has 2 aromatic heterocycles. The topological polar surface area (TPSA) is 62.5 Å². The van der Waals surface area contributed by atoms with E-state index >= 15 is 0 Å². The maximum absolute atomic E-state index is 9.63. The molecule has 0 bridgehead atoms. The van der Waals surface area contributed by atoms with Gasteiger partial charge in [0.1, 0.15) is 5.82 Å². The van der Waals surface area contributed by atoms with Crippen LogP contribution in [0.5, 0.6) is 0 Å². The van der Waals surface area contributed by atoms with Crippen LogP contribution in [0.4, 0.5) is 5.82 Å². The molecule has 0 saturated carbocycles. The van der Waals surface area contributed by atoms with E-state index in [0.29, 0.717) is 10.7 Å². The Labute approximate surface area is 153 Å². The summed E-state index contributed by atoms with van der Waals surface area (Å²) in [7, 11) is 0. The highest BCUT2D eigenvalue weighted by Gasteiger charge is 2.17. The Morgan fingerprint density at radius 2 is 2.08 bits per heavy atom. The molecule has 5 nitrogen and oxygen atoms in total. The zero-order chi connectivity index (χ0) is 17.3. The molecule has 0 unspecified atom stereocenters. The van der Waals surface area contributed by atoms with Crippen LogP contribution in [0, 0.1) is 5.92 Å². The Morgan fingerprint density at radius 1 is 1.33 bits per heavy atom. The summed E-state index contributed by atoms with van der Waals surface area (Å²) in [5.74, 6) is 1.02. The van der Waals surface area contributed by atoms with E-state index in [-0.39, 0.29) is 18.6 Å². The van der Waals surface area contributed by atoms with E-state index in [1.54, 1.807) is 10.7 Å². The van der Waals surface area contributed by atoms with Gasteiger partial charge in [-0.2, -0.15) is 9.61 Å². The van der Waals surface area contributed by atoms with Crippen molar-refractivity contribution in [1.29, 1.82) is 0 Å². The monoisotopic (exact) mass is 408 g/mol. The molecule has 1 aromatic carbocycles. The number of fused-ring (bicyclic) bond motifs is 1. The van der Waals surface area contributed by atoms with Crippen LogP contribution in [0.2, 0.25) is 5.02 Å². The summed E-state index contributed by atoms with van der Waals surface area (Å²) in [6.45, 7) is 4.14. The lowest BCUT2D eigenvalue weighted by Gasteiger charge is -2.22. The zero-order valence-electron chi connectivity index (χ0n) is 13.4. The van der Waals surface area contributed by atoms with Crippen molar-refractivity contribution in [1.82, 2.24) is 14.6 Å². The quantitative estimate of drug-likeness (QED) is 0.661. The summed E-state index contributed by atoms with van der Waals surface area (Å²) in [5, 5.41) is 18.0. The van der Waals surface area contributed by atoms with Crippen molar-refractivity contribution < 1.29 is 5.11 Å². The fourth-order valence-electron chi connectivity index (χ4n) is 2.46. The molecule has 0 spiro atoms. The molecule has 3 rings (SSSR count). The van der Waals surface area contributed by atoms with E-state index in [0.717, 1.165) is 21.5 Å². The molecule has 1 atom stereocenters. The summed E-state index contributed by atoms with van der Waals surface area (Å²) < 4.78 is 2.51. The normalized spacial score (nSPS) is 12.8. The van der Waals surface area contributed by atoms with Crippen LogP contribution >= 0.6 is 27.5 Å². The van der Waals surface area contributed by atoms with Crippen LogP contribution in [0.3, 0.4) is 0 Å². The number of aromatic nitrogens is 3. The largest absolute Gasteiger partial charge is 0.394 e. The standard InChI is InChI=1S/C17H18BrClN4O/c1-10(2)15(9-24)21-16-7-14(11-5-3-4-6-13(11)19)22-17-12(18)8-20-23(16)17/h3-8,10,15,21,24H,9H2,1-2H3/t15-/m0/s1. The van der Waals surface area contributed by atoms with Crippen LogP contribution in [-0.4, -0.2) is 32.4 Å². The van der Waals surface area contributed by atoms with Crippen LogP contribution in [-0.2, 0) is 0 Å². The minimum absolute atomic E-state index is 0.0331. The Hall–Kier alpha value is -1.63. The molecule has 0 saturated heterocycles. The first-order chi connectivity index (χ1) is 11.5. The number of hydrogen-bond donors (Lipinski definition) is 2. The van der Waals surface area contributed by atoms with Gasteiger partial charge in [0.2, 0.25) is 0 Å². The first kappa shape index (κ1) is 17.2. The molecule has 0 radical (unpaired) electrons. The van der Waals surface area contributed by atoms with Gasteiger partial charge in [-0.3, -0.25) is 0 Å². The van der Waals surface area contributed by atoms with Gasteiger partial charge in [-0.05, 0) is 27.9 Å². The Balaban J connectivity index is 2.16. The predicted octanol–water partition coefficient (Wildman–Crippen LogP) is 4.24. The number of nitrogens with one attached hydrogen (secondary N) is 1. The van der Waals surface area contributed by atoms with E-state index in [4.69, 9.17) is 11.6 Å². The van der Waals surface area contributed by atoms with Crippen molar-refractivity contribution in [2.75, 3.05) is 11.9 Å². The molecule has 0 aliphatic heterocycles. The maximum Gasteiger partial charge on any atom is 0.172 e. The Morgan fingerprint density at radius 3 is 2.75 bits per heavy atom. The number of nitrogens with zero attached hydrogens (tertiary/aromatic N) is 3. The number of hydrogen-bond acceptors (Lipinski definition) is 4. The Kier molecular flexibility index (Phi) is 5.08. The van der Waals surface area contributed by atoms with Crippen LogP contribution in [0.15, 0.2) is 41.0 Å². The van der Waals surface area contributed by atoms with Crippen LogP contribution < -0.4 is 5.32 Å². The number of halogens is 2. The predicted molar refractivity (Wildman–Crippen MR) is 100 cm³/mol. The summed E-state index contributed by atoms with van der Waals surface area (Å²) in [4.78, 5) is 4.67. The molecule has 0 aliphatic carbocycles. The molecule has 2 N–H and O–H groups in total. The summed E-state index contributed by atoms with van der Waals surface area (Å²) in [6.07, 6.45) is 1.70. The van der Waals surface area contributed by atoms with E-state index in [1.807, 2.05) is 30.3 Å². The summed E-state index contributed by atoms with van der Waals surface area (Å²) in [5.41, 5.74) is 2.29. The first-order valence-electron chi connectivity index (χ1n) is 7.68. The van der Waals surface area contributed by atoms with Gasteiger partial charge in [0, 0.05) is 16.7 Å². The second-order valence-corrected chi connectivity index (χ2v) is 7.17. The minimum atomic E-state index is -0.0855. The van der Waals surface area contributed by atoms with Gasteiger partial charge in [0.25, 0.3) is 0 Å². The minimum Gasteiger partial charge on any atom is -0.394 e. The number of benzene rings is 1. The van der Waals surface area contributed by atoms with Gasteiger partial charge in [0.15, 0.2) is 5.65 Å². The van der Waals surface area contributed by atoms with Gasteiger partial charge in [-0.15, -0.1) is 0 Å². The Bertz CT molecular complexity index is 865. The third kappa shape index (κ3) is 3.27. The molecule has 0 fully saturated rings. The average Bonchev–Trinajstić information content (AvgIpc) is 2.94. The van der Waals surface area contributed by atoms with Gasteiger partial charge >= 0.3 is 0 Å². The zero-order valence-corrected chi connectivity index (χ0v) is 15.7. The maximum atomic E-state index is 9.63. The highest BCUT2D eigenvalue weighted by molar-refractivity contribution is 9.10. The highest BCUT2D eigenvalue weighted by Crippen LogP contribution is 2.30. The van der Waals surface area contributed by atoms with Crippen molar-refractivity contribution in [2.24, 2.45) is 5.92 Å². The number of aliphatic hydroxyl groups excluding tert-OH is 1. The molecule has 0 aliphatic rings. The van der Waals surface area contributed by atoms with Crippen molar-refractivity contribution in [3.63, 3.8) is 0 Å². The lowest BCUT2D eigenvalue weighted by Crippen LogP contribution is -2.30. The molecule has 126 valence electrons. The number of anilines is 1. The van der Waals surface area contributed by atoms with Gasteiger partial charge in [0.05, 0.1) is 29.0 Å². The SMILES string of the molecule is CC(C)[C@H](CO)Nc1cc(-c2ccccc2Cl)nc2c(Br)cnn12. The molecular weight excluding hydrogens is 392 g/mol. The smallest absolute Gasteiger partial charge is 0.172 e. The molecule has 2 heterocycles. The van der Waals surface area contributed by atoms with E-state index in [2.05, 4.69) is 45.2 Å². The van der Waals surface area contributed by atoms with Gasteiger partial charge in [-0.25, -0.2) is 4.98 Å². The highest BCUT2D eigenvalue weighted by atomic mass is 79.9. The lowest BCUT2D eigenvalue weighted by atomic mass is 10.1. The second-order valence-electron chi connectivity index (χ2n) is 5.91. The van der Waals surface area contributed by atoms with Crippen molar-refractivity contribution in [2.45, 2.75) is 19.9 Å². The fourth-order valence-corrected chi connectivity index (χ4v) is 3.04. The molecule has 0 amide bonds. The number of aliphatic hydroxyl groups is 1. The third-order valence-electron chi connectivity index (χ3n) is 3.91. The summed E-state index contributed by atoms with van der Waals surface area (Å²) >= 11 is 9.81. The second kappa shape index (κ2) is 7.09. The first-order valence-corrected chi connectivity index (χ1v) is 8.85. The van der Waals surface area contributed by atoms with E-state index < -0.39 is 0 Å². The molecule has 3 aromatic rings. The van der Waals surface area contributed by atoms with Gasteiger partial charge in [-0.1, -0.05) is 43.6 Å². The van der Waals surface area contributed by atoms with Crippen LogP contribution in [0.1, 0.15) is 13.8 Å². The van der Waals surface area contributed by atoms with Crippen LogP contribution in [0.25, 0.3) is 16.9 Å². The van der Waals surface area contributed by atoms with Gasteiger partial charge < -0.3 is 10.4 Å². The molecular formula is C17H18BrClN4O. The van der Waals surface area contributed by atoms with E-state index in [9.17, 15) is 5.11 Å². The number of rotatable bonds is 5. The average molecular weight is 410 g/mol. The molecule has 7 heteroatoms. The van der Waals surface area contributed by atoms with Crippen molar-refractivity contribution in [3.8, 4) is 11.3 Å². The molecule has 24 heavy (non-hydrogen) atoms. The van der Waals surface area contributed by atoms with Crippen molar-refractivity contribution >= 4 is 39.0 Å². The van der Waals surface area contributed by atoms with E-state index in [1.165, 1.54) is 0 Å². The lowest BCUT2D eigenvalue weighted by molar-refractivity contribution is 0.249. The summed E-state index contributed by atoms with van der Waals surface area (Å²) in [6, 6.07) is 9.40. The fraction of sp³-hybridized carbons (Fsp3) is 0.294.